The van der Waals surface area contributed by atoms with Gasteiger partial charge in [-0.25, -0.2) is 0 Å². The van der Waals surface area contributed by atoms with E-state index in [2.05, 4.69) is 0 Å². The maximum absolute atomic E-state index is 10.7. The molecule has 2 heterocycles. The SMILES string of the molecule is OC[C@@H]1O[C@@H](OC[C@H]2O[C@@H](O[C@H](CCCCc3ccc(O)cc3)CCc3ccc(O)cc3)[C@H](O)[C@@H](O)[C@@H]2O)[C@H](O)[C@H]1O. The van der Waals surface area contributed by atoms with Crippen LogP contribution in [0.15, 0.2) is 48.5 Å². The summed E-state index contributed by atoms with van der Waals surface area (Å²) in [6.07, 6.45) is -8.39. The average Bonchev–Trinajstić information content (AvgIpc) is 3.27. The van der Waals surface area contributed by atoms with E-state index in [0.717, 1.165) is 30.4 Å². The van der Waals surface area contributed by atoms with Crippen molar-refractivity contribution in [1.82, 2.24) is 0 Å². The van der Waals surface area contributed by atoms with Gasteiger partial charge in [0.15, 0.2) is 12.6 Å². The molecule has 0 radical (unpaired) electrons. The Labute approximate surface area is 244 Å². The van der Waals surface area contributed by atoms with Crippen LogP contribution >= 0.6 is 0 Å². The van der Waals surface area contributed by atoms with E-state index in [9.17, 15) is 40.9 Å². The lowest BCUT2D eigenvalue weighted by Crippen LogP contribution is -2.60. The fraction of sp³-hybridized carbons (Fsp3) is 0.600. The number of rotatable bonds is 14. The molecule has 234 valence electrons. The number of aliphatic hydroxyl groups is 6. The molecule has 0 unspecified atom stereocenters. The Kier molecular flexibility index (Phi) is 11.9. The van der Waals surface area contributed by atoms with E-state index in [-0.39, 0.29) is 24.2 Å². The second kappa shape index (κ2) is 15.4. The number of unbranched alkanes of at least 4 members (excludes halogenated alkanes) is 1. The molecule has 10 atom stereocenters. The summed E-state index contributed by atoms with van der Waals surface area (Å²) in [6.45, 7) is -0.885. The van der Waals surface area contributed by atoms with Crippen molar-refractivity contribution in [3.05, 3.63) is 59.7 Å². The predicted octanol–water partition coefficient (Wildman–Crippen LogP) is 0.0918. The number of phenolic OH excluding ortho intramolecular Hbond substituents is 2. The molecule has 4 rings (SSSR count). The molecule has 0 bridgehead atoms. The van der Waals surface area contributed by atoms with Gasteiger partial charge in [0.2, 0.25) is 0 Å². The van der Waals surface area contributed by atoms with Crippen molar-refractivity contribution in [3.63, 3.8) is 0 Å². The Bertz CT molecular complexity index is 1070. The largest absolute Gasteiger partial charge is 0.508 e. The first-order valence-corrected chi connectivity index (χ1v) is 14.3. The van der Waals surface area contributed by atoms with Gasteiger partial charge >= 0.3 is 0 Å². The van der Waals surface area contributed by atoms with Crippen LogP contribution < -0.4 is 0 Å². The molecule has 8 N–H and O–H groups in total. The number of aliphatic hydroxyl groups excluding tert-OH is 6. The first-order chi connectivity index (χ1) is 20.2. The number of hydrogen-bond donors (Lipinski definition) is 8. The summed E-state index contributed by atoms with van der Waals surface area (Å²) in [4.78, 5) is 0. The summed E-state index contributed by atoms with van der Waals surface area (Å²) in [7, 11) is 0. The van der Waals surface area contributed by atoms with Crippen LogP contribution in [0.25, 0.3) is 0 Å². The van der Waals surface area contributed by atoms with Gasteiger partial charge in [0, 0.05) is 0 Å². The maximum Gasteiger partial charge on any atom is 0.186 e. The zero-order chi connectivity index (χ0) is 30.2. The van der Waals surface area contributed by atoms with E-state index in [0.29, 0.717) is 19.3 Å². The van der Waals surface area contributed by atoms with Crippen molar-refractivity contribution in [3.8, 4) is 11.5 Å². The van der Waals surface area contributed by atoms with Gasteiger partial charge in [-0.1, -0.05) is 30.7 Å². The van der Waals surface area contributed by atoms with Gasteiger partial charge in [0.1, 0.15) is 54.2 Å². The molecule has 0 amide bonds. The molecule has 0 aliphatic carbocycles. The molecule has 0 saturated carbocycles. The summed E-state index contributed by atoms with van der Waals surface area (Å²) in [5.41, 5.74) is 2.07. The summed E-state index contributed by atoms with van der Waals surface area (Å²) >= 11 is 0. The highest BCUT2D eigenvalue weighted by molar-refractivity contribution is 5.26. The minimum Gasteiger partial charge on any atom is -0.508 e. The van der Waals surface area contributed by atoms with Gasteiger partial charge in [-0.15, -0.1) is 0 Å². The molecule has 2 saturated heterocycles. The van der Waals surface area contributed by atoms with E-state index >= 15 is 0 Å². The minimum atomic E-state index is -1.60. The van der Waals surface area contributed by atoms with Crippen LogP contribution in [0.1, 0.15) is 36.8 Å². The van der Waals surface area contributed by atoms with Gasteiger partial charge in [0.25, 0.3) is 0 Å². The Hall–Kier alpha value is -2.36. The quantitative estimate of drug-likeness (QED) is 0.137. The lowest BCUT2D eigenvalue weighted by atomic mass is 9.98. The zero-order valence-corrected chi connectivity index (χ0v) is 23.3. The molecule has 12 heteroatoms. The third-order valence-electron chi connectivity index (χ3n) is 7.79. The number of benzene rings is 2. The van der Waals surface area contributed by atoms with Crippen molar-refractivity contribution in [2.45, 2.75) is 99.9 Å². The first kappa shape index (κ1) is 32.6. The number of aromatic hydroxyl groups is 2. The van der Waals surface area contributed by atoms with Crippen LogP contribution in [0.4, 0.5) is 0 Å². The van der Waals surface area contributed by atoms with Crippen molar-refractivity contribution < 1.29 is 59.8 Å². The van der Waals surface area contributed by atoms with Gasteiger partial charge in [-0.05, 0) is 67.5 Å². The molecular weight excluding hydrogens is 552 g/mol. The van der Waals surface area contributed by atoms with E-state index < -0.39 is 61.9 Å². The second-order valence-corrected chi connectivity index (χ2v) is 10.9. The van der Waals surface area contributed by atoms with Crippen LogP contribution in [0.3, 0.4) is 0 Å². The third kappa shape index (κ3) is 8.60. The van der Waals surface area contributed by atoms with E-state index in [1.165, 1.54) is 0 Å². The molecule has 2 fully saturated rings. The van der Waals surface area contributed by atoms with Crippen LogP contribution in [-0.2, 0) is 31.8 Å². The zero-order valence-electron chi connectivity index (χ0n) is 23.3. The lowest BCUT2D eigenvalue weighted by molar-refractivity contribution is -0.319. The summed E-state index contributed by atoms with van der Waals surface area (Å²) in [5, 5.41) is 80.2. The highest BCUT2D eigenvalue weighted by Gasteiger charge is 2.47. The number of aryl methyl sites for hydroxylation is 2. The van der Waals surface area contributed by atoms with E-state index in [1.807, 2.05) is 24.3 Å². The topological polar surface area (TPSA) is 199 Å². The minimum absolute atomic E-state index is 0.164. The van der Waals surface area contributed by atoms with Crippen molar-refractivity contribution in [2.75, 3.05) is 13.2 Å². The second-order valence-electron chi connectivity index (χ2n) is 10.9. The molecule has 0 aromatic heterocycles. The lowest BCUT2D eigenvalue weighted by Gasteiger charge is -2.41. The van der Waals surface area contributed by atoms with Crippen LogP contribution in [0.2, 0.25) is 0 Å². The van der Waals surface area contributed by atoms with Gasteiger partial charge < -0.3 is 59.8 Å². The van der Waals surface area contributed by atoms with Gasteiger partial charge in [-0.3, -0.25) is 0 Å². The Morgan fingerprint density at radius 1 is 0.619 bits per heavy atom. The number of ether oxygens (including phenoxy) is 4. The molecule has 2 aromatic carbocycles. The maximum atomic E-state index is 10.7. The molecule has 12 nitrogen and oxygen atoms in total. The number of hydrogen-bond acceptors (Lipinski definition) is 12. The fourth-order valence-corrected chi connectivity index (χ4v) is 5.18. The molecule has 2 aromatic rings. The predicted molar refractivity (Wildman–Crippen MR) is 147 cm³/mol. The summed E-state index contributed by atoms with van der Waals surface area (Å²) in [6, 6.07) is 13.9. The van der Waals surface area contributed by atoms with Crippen LogP contribution in [0, 0.1) is 0 Å². The Morgan fingerprint density at radius 3 is 1.76 bits per heavy atom. The summed E-state index contributed by atoms with van der Waals surface area (Å²) in [5.74, 6) is 0.375. The van der Waals surface area contributed by atoms with Crippen molar-refractivity contribution >= 4 is 0 Å². The van der Waals surface area contributed by atoms with Crippen LogP contribution in [-0.4, -0.2) is 115 Å². The Balaban J connectivity index is 1.36. The smallest absolute Gasteiger partial charge is 0.186 e. The fourth-order valence-electron chi connectivity index (χ4n) is 5.18. The molecular formula is C30H42O12. The monoisotopic (exact) mass is 594 g/mol. The average molecular weight is 595 g/mol. The van der Waals surface area contributed by atoms with Crippen molar-refractivity contribution in [1.29, 1.82) is 0 Å². The first-order valence-electron chi connectivity index (χ1n) is 14.3. The van der Waals surface area contributed by atoms with Gasteiger partial charge in [-0.2, -0.15) is 0 Å². The van der Waals surface area contributed by atoms with E-state index in [4.69, 9.17) is 18.9 Å². The normalized spacial score (nSPS) is 32.2. The van der Waals surface area contributed by atoms with Gasteiger partial charge in [0.05, 0.1) is 19.3 Å². The molecule has 42 heavy (non-hydrogen) atoms. The standard InChI is InChI=1S/C30H42O12/c31-15-22-24(34)27(37)29(41-22)39-16-23-25(35)26(36)28(38)30(42-23)40-21(14-9-18-7-12-20(33)13-8-18)4-2-1-3-17-5-10-19(32)11-6-17/h5-8,10-13,21-38H,1-4,9,14-16H2/t21-,22+,23-,24+,25-,26+,27-,28-,29-,30-/m1/s1. The Morgan fingerprint density at radius 2 is 1.17 bits per heavy atom. The van der Waals surface area contributed by atoms with E-state index in [1.54, 1.807) is 24.3 Å². The molecule has 2 aliphatic heterocycles. The third-order valence-corrected chi connectivity index (χ3v) is 7.79. The highest BCUT2D eigenvalue weighted by Crippen LogP contribution is 2.28. The van der Waals surface area contributed by atoms with Crippen LogP contribution in [0.5, 0.6) is 11.5 Å². The summed E-state index contributed by atoms with van der Waals surface area (Å²) < 4.78 is 22.8. The molecule has 0 spiro atoms. The highest BCUT2D eigenvalue weighted by atomic mass is 16.7. The molecule has 2 aliphatic rings. The van der Waals surface area contributed by atoms with Crippen molar-refractivity contribution in [2.24, 2.45) is 0 Å². The number of phenols is 2.